The van der Waals surface area contributed by atoms with Crippen molar-refractivity contribution in [2.24, 2.45) is 7.05 Å². The minimum atomic E-state index is -1.07. The second kappa shape index (κ2) is 5.40. The van der Waals surface area contributed by atoms with Crippen molar-refractivity contribution in [3.05, 3.63) is 28.7 Å². The topological polar surface area (TPSA) is 64.8 Å². The first kappa shape index (κ1) is 15.0. The molecule has 3 heterocycles. The van der Waals surface area contributed by atoms with Crippen LogP contribution in [0.1, 0.15) is 0 Å². The summed E-state index contributed by atoms with van der Waals surface area (Å²) in [6.07, 6.45) is 1.95. The van der Waals surface area contributed by atoms with Crippen LogP contribution in [0.5, 0.6) is 0 Å². The SMILES string of the molecule is Cn1[nH]c2cc3ccn(COCC[Si](C)(C)C)c3nc2c1=O. The number of hydrogen-bond acceptors (Lipinski definition) is 3. The van der Waals surface area contributed by atoms with Gasteiger partial charge in [0.05, 0.1) is 5.52 Å². The molecule has 0 bridgehead atoms. The second-order valence-electron chi connectivity index (χ2n) is 6.91. The van der Waals surface area contributed by atoms with E-state index in [0.717, 1.165) is 29.2 Å². The Bertz CT molecular complexity index is 869. The Kier molecular flexibility index (Phi) is 3.70. The third-order valence-electron chi connectivity index (χ3n) is 3.76. The highest BCUT2D eigenvalue weighted by Crippen LogP contribution is 2.18. The number of nitrogens with zero attached hydrogens (tertiary/aromatic N) is 3. The van der Waals surface area contributed by atoms with Gasteiger partial charge in [-0.05, 0) is 18.2 Å². The predicted molar refractivity (Wildman–Crippen MR) is 90.9 cm³/mol. The minimum absolute atomic E-state index is 0.107. The van der Waals surface area contributed by atoms with Crippen LogP contribution in [0.25, 0.3) is 22.1 Å². The first-order valence-corrected chi connectivity index (χ1v) is 11.2. The first-order valence-electron chi connectivity index (χ1n) is 7.47. The molecular formula is C15H22N4O2Si. The number of pyridine rings is 1. The second-order valence-corrected chi connectivity index (χ2v) is 12.5. The summed E-state index contributed by atoms with van der Waals surface area (Å²) in [5, 5.41) is 4.01. The van der Waals surface area contributed by atoms with Gasteiger partial charge in [-0.15, -0.1) is 0 Å². The highest BCUT2D eigenvalue weighted by Gasteiger charge is 2.13. The molecule has 0 spiro atoms. The fraction of sp³-hybridized carbons (Fsp3) is 0.467. The van der Waals surface area contributed by atoms with Crippen molar-refractivity contribution in [3.63, 3.8) is 0 Å². The van der Waals surface area contributed by atoms with E-state index in [2.05, 4.69) is 29.7 Å². The summed E-state index contributed by atoms with van der Waals surface area (Å²) in [4.78, 5) is 16.5. The molecule has 3 aromatic rings. The van der Waals surface area contributed by atoms with Gasteiger partial charge in [-0.25, -0.2) is 4.98 Å². The summed E-state index contributed by atoms with van der Waals surface area (Å²) in [5.74, 6) is 0. The molecule has 1 N–H and O–H groups in total. The lowest BCUT2D eigenvalue weighted by Gasteiger charge is -2.15. The molecule has 0 aliphatic rings. The molecule has 0 amide bonds. The summed E-state index contributed by atoms with van der Waals surface area (Å²) in [7, 11) is 0.625. The van der Waals surface area contributed by atoms with Gasteiger partial charge in [0.1, 0.15) is 12.4 Å². The molecule has 3 aromatic heterocycles. The van der Waals surface area contributed by atoms with Crippen LogP contribution in [0, 0.1) is 0 Å². The fourth-order valence-corrected chi connectivity index (χ4v) is 3.15. The van der Waals surface area contributed by atoms with E-state index in [1.807, 2.05) is 22.9 Å². The van der Waals surface area contributed by atoms with Crippen LogP contribution < -0.4 is 5.56 Å². The number of fused-ring (bicyclic) bond motifs is 2. The predicted octanol–water partition coefficient (Wildman–Crippen LogP) is 2.53. The number of aromatic amines is 1. The van der Waals surface area contributed by atoms with Gasteiger partial charge in [0, 0.05) is 33.3 Å². The number of rotatable bonds is 5. The van der Waals surface area contributed by atoms with Gasteiger partial charge in [0.2, 0.25) is 0 Å². The van der Waals surface area contributed by atoms with Crippen molar-refractivity contribution in [1.29, 1.82) is 0 Å². The average Bonchev–Trinajstić information content (AvgIpc) is 2.94. The van der Waals surface area contributed by atoms with E-state index in [4.69, 9.17) is 4.74 Å². The van der Waals surface area contributed by atoms with E-state index in [1.54, 1.807) is 7.05 Å². The summed E-state index contributed by atoms with van der Waals surface area (Å²) < 4.78 is 9.18. The third kappa shape index (κ3) is 2.86. The molecule has 0 saturated carbocycles. The molecule has 3 rings (SSSR count). The van der Waals surface area contributed by atoms with Crippen LogP contribution in [0.4, 0.5) is 0 Å². The van der Waals surface area contributed by atoms with Crippen LogP contribution in [-0.2, 0) is 18.5 Å². The molecule has 0 saturated heterocycles. The fourth-order valence-electron chi connectivity index (χ4n) is 2.40. The molecule has 7 heteroatoms. The van der Waals surface area contributed by atoms with Crippen molar-refractivity contribution in [2.75, 3.05) is 6.61 Å². The standard InChI is InChI=1S/C15H22N4O2Si/c1-18-15(20)13-12(17-18)9-11-5-6-19(14(11)16-13)10-21-7-8-22(2,3)4/h5-6,9,17H,7-8,10H2,1-4H3. The zero-order valence-corrected chi connectivity index (χ0v) is 14.5. The maximum Gasteiger partial charge on any atom is 0.292 e. The highest BCUT2D eigenvalue weighted by molar-refractivity contribution is 6.76. The maximum atomic E-state index is 12.0. The van der Waals surface area contributed by atoms with Gasteiger partial charge < -0.3 is 9.30 Å². The molecule has 0 aliphatic heterocycles. The molecular weight excluding hydrogens is 296 g/mol. The van der Waals surface area contributed by atoms with Crippen LogP contribution in [0.3, 0.4) is 0 Å². The zero-order chi connectivity index (χ0) is 15.9. The van der Waals surface area contributed by atoms with Crippen molar-refractivity contribution < 1.29 is 4.74 Å². The van der Waals surface area contributed by atoms with Gasteiger partial charge in [0.25, 0.3) is 5.56 Å². The Hall–Kier alpha value is -1.86. The minimum Gasteiger partial charge on any atom is -0.361 e. The number of ether oxygens (including phenoxy) is 1. The van der Waals surface area contributed by atoms with Gasteiger partial charge in [-0.1, -0.05) is 19.6 Å². The lowest BCUT2D eigenvalue weighted by Crippen LogP contribution is -2.22. The molecule has 0 unspecified atom stereocenters. The molecule has 0 fully saturated rings. The molecule has 118 valence electrons. The van der Waals surface area contributed by atoms with E-state index < -0.39 is 8.07 Å². The largest absolute Gasteiger partial charge is 0.361 e. The molecule has 0 aliphatic carbocycles. The average molecular weight is 318 g/mol. The Balaban J connectivity index is 1.84. The third-order valence-corrected chi connectivity index (χ3v) is 5.46. The van der Waals surface area contributed by atoms with Gasteiger partial charge in [0.15, 0.2) is 5.52 Å². The summed E-state index contributed by atoms with van der Waals surface area (Å²) in [6, 6.07) is 5.09. The highest BCUT2D eigenvalue weighted by atomic mass is 28.3. The molecule has 22 heavy (non-hydrogen) atoms. The van der Waals surface area contributed by atoms with Gasteiger partial charge >= 0.3 is 0 Å². The Morgan fingerprint density at radius 2 is 2.14 bits per heavy atom. The lowest BCUT2D eigenvalue weighted by molar-refractivity contribution is 0.0899. The van der Waals surface area contributed by atoms with Crippen LogP contribution >= 0.6 is 0 Å². The summed E-state index contributed by atoms with van der Waals surface area (Å²) >= 11 is 0. The van der Waals surface area contributed by atoms with E-state index in [-0.39, 0.29) is 5.56 Å². The van der Waals surface area contributed by atoms with Crippen molar-refractivity contribution in [3.8, 4) is 0 Å². The normalized spacial score (nSPS) is 12.5. The van der Waals surface area contributed by atoms with Crippen molar-refractivity contribution >= 4 is 30.1 Å². The van der Waals surface area contributed by atoms with E-state index in [1.165, 1.54) is 4.68 Å². The lowest BCUT2D eigenvalue weighted by atomic mass is 10.3. The van der Waals surface area contributed by atoms with Crippen molar-refractivity contribution in [1.82, 2.24) is 19.3 Å². The van der Waals surface area contributed by atoms with Crippen LogP contribution in [0.15, 0.2) is 23.1 Å². The number of aryl methyl sites for hydroxylation is 1. The number of aromatic nitrogens is 4. The zero-order valence-electron chi connectivity index (χ0n) is 13.5. The smallest absolute Gasteiger partial charge is 0.292 e. The van der Waals surface area contributed by atoms with E-state index >= 15 is 0 Å². The molecule has 0 radical (unpaired) electrons. The van der Waals surface area contributed by atoms with Crippen LogP contribution in [-0.4, -0.2) is 34.0 Å². The van der Waals surface area contributed by atoms with Crippen LogP contribution in [0.2, 0.25) is 25.7 Å². The number of hydrogen-bond donors (Lipinski definition) is 1. The maximum absolute atomic E-state index is 12.0. The summed E-state index contributed by atoms with van der Waals surface area (Å²) in [5.41, 5.74) is 1.91. The monoisotopic (exact) mass is 318 g/mol. The van der Waals surface area contributed by atoms with Gasteiger partial charge in [-0.3, -0.25) is 14.6 Å². The quantitative estimate of drug-likeness (QED) is 0.581. The van der Waals surface area contributed by atoms with E-state index in [9.17, 15) is 4.79 Å². The molecule has 0 aromatic carbocycles. The van der Waals surface area contributed by atoms with E-state index in [0.29, 0.717) is 12.2 Å². The van der Waals surface area contributed by atoms with Crippen molar-refractivity contribution in [2.45, 2.75) is 32.4 Å². The van der Waals surface area contributed by atoms with Gasteiger partial charge in [-0.2, -0.15) is 0 Å². The number of H-pyrrole nitrogens is 1. The molecule has 0 atom stereocenters. The Labute approximate surface area is 129 Å². The number of nitrogens with one attached hydrogen (secondary N) is 1. The Morgan fingerprint density at radius 1 is 1.36 bits per heavy atom. The first-order chi connectivity index (χ1) is 10.3. The summed E-state index contributed by atoms with van der Waals surface area (Å²) in [6.45, 7) is 8.24. The Morgan fingerprint density at radius 3 is 2.86 bits per heavy atom. The molecule has 6 nitrogen and oxygen atoms in total.